The SMILES string of the molecule is CC(C)(C)C1CCC(=O)C(Cc2cc(F)ccc2F)C1. The zero-order valence-corrected chi connectivity index (χ0v) is 12.4. The van der Waals surface area contributed by atoms with E-state index < -0.39 is 11.6 Å². The van der Waals surface area contributed by atoms with Crippen LogP contribution in [-0.4, -0.2) is 5.78 Å². The lowest BCUT2D eigenvalue weighted by atomic mass is 9.67. The van der Waals surface area contributed by atoms with E-state index in [1.165, 1.54) is 6.07 Å². The fourth-order valence-electron chi connectivity index (χ4n) is 3.06. The number of hydrogen-bond donors (Lipinski definition) is 0. The average molecular weight is 280 g/mol. The summed E-state index contributed by atoms with van der Waals surface area (Å²) in [6.45, 7) is 6.52. The van der Waals surface area contributed by atoms with Gasteiger partial charge in [0, 0.05) is 12.3 Å². The summed E-state index contributed by atoms with van der Waals surface area (Å²) >= 11 is 0. The summed E-state index contributed by atoms with van der Waals surface area (Å²) in [5, 5.41) is 0. The van der Waals surface area contributed by atoms with Crippen molar-refractivity contribution in [1.82, 2.24) is 0 Å². The van der Waals surface area contributed by atoms with Gasteiger partial charge in [0.1, 0.15) is 17.4 Å². The van der Waals surface area contributed by atoms with Crippen molar-refractivity contribution < 1.29 is 13.6 Å². The molecule has 2 unspecified atom stereocenters. The van der Waals surface area contributed by atoms with Crippen molar-refractivity contribution in [2.45, 2.75) is 46.5 Å². The van der Waals surface area contributed by atoms with Crippen LogP contribution in [0.4, 0.5) is 8.78 Å². The van der Waals surface area contributed by atoms with Gasteiger partial charge >= 0.3 is 0 Å². The summed E-state index contributed by atoms with van der Waals surface area (Å²) in [6.07, 6.45) is 2.56. The Labute approximate surface area is 119 Å². The lowest BCUT2D eigenvalue weighted by molar-refractivity contribution is -0.126. The number of rotatable bonds is 2. The minimum Gasteiger partial charge on any atom is -0.299 e. The fourth-order valence-corrected chi connectivity index (χ4v) is 3.06. The smallest absolute Gasteiger partial charge is 0.136 e. The molecule has 0 amide bonds. The Balaban J connectivity index is 2.14. The third-order valence-corrected chi connectivity index (χ3v) is 4.46. The number of carbonyl (C=O) groups excluding carboxylic acids is 1. The van der Waals surface area contributed by atoms with Crippen molar-refractivity contribution >= 4 is 5.78 Å². The minimum atomic E-state index is -0.447. The third-order valence-electron chi connectivity index (χ3n) is 4.46. The van der Waals surface area contributed by atoms with E-state index in [0.29, 0.717) is 24.3 Å². The summed E-state index contributed by atoms with van der Waals surface area (Å²) in [6, 6.07) is 3.46. The number of Topliss-reactive ketones (excluding diaryl/α,β-unsaturated/α-hetero) is 1. The second-order valence-corrected chi connectivity index (χ2v) is 6.94. The molecule has 0 aromatic heterocycles. The van der Waals surface area contributed by atoms with Gasteiger partial charge in [-0.25, -0.2) is 8.78 Å². The largest absolute Gasteiger partial charge is 0.299 e. The molecule has 3 heteroatoms. The molecule has 1 aromatic carbocycles. The molecule has 0 radical (unpaired) electrons. The topological polar surface area (TPSA) is 17.1 Å². The average Bonchev–Trinajstić information content (AvgIpc) is 2.35. The predicted molar refractivity (Wildman–Crippen MR) is 75.4 cm³/mol. The number of ketones is 1. The Hall–Kier alpha value is -1.25. The first kappa shape index (κ1) is 15.1. The standard InChI is InChI=1S/C17H22F2O/c1-17(2,3)13-4-7-16(20)12(9-13)8-11-10-14(18)5-6-15(11)19/h5-6,10,12-13H,4,7-9H2,1-3H3. The summed E-state index contributed by atoms with van der Waals surface area (Å²) < 4.78 is 26.9. The Bertz CT molecular complexity index is 502. The molecule has 0 heterocycles. The van der Waals surface area contributed by atoms with Gasteiger partial charge in [-0.2, -0.15) is 0 Å². The normalized spacial score (nSPS) is 23.9. The minimum absolute atomic E-state index is 0.152. The quantitative estimate of drug-likeness (QED) is 0.777. The lowest BCUT2D eigenvalue weighted by Gasteiger charge is -2.37. The summed E-state index contributed by atoms with van der Waals surface area (Å²) in [5.74, 6) is -0.394. The first-order chi connectivity index (χ1) is 9.27. The molecular formula is C17H22F2O. The molecule has 2 rings (SSSR count). The molecule has 1 nitrogen and oxygen atoms in total. The van der Waals surface area contributed by atoms with E-state index in [9.17, 15) is 13.6 Å². The molecule has 0 N–H and O–H groups in total. The fraction of sp³-hybridized carbons (Fsp3) is 0.588. The van der Waals surface area contributed by atoms with Gasteiger partial charge in [-0.3, -0.25) is 4.79 Å². The van der Waals surface area contributed by atoms with Crippen LogP contribution in [0.1, 0.15) is 45.6 Å². The van der Waals surface area contributed by atoms with Crippen molar-refractivity contribution in [1.29, 1.82) is 0 Å². The van der Waals surface area contributed by atoms with E-state index in [-0.39, 0.29) is 17.1 Å². The van der Waals surface area contributed by atoms with Gasteiger partial charge in [0.15, 0.2) is 0 Å². The van der Waals surface area contributed by atoms with Crippen molar-refractivity contribution in [3.63, 3.8) is 0 Å². The van der Waals surface area contributed by atoms with Gasteiger partial charge in [-0.1, -0.05) is 20.8 Å². The molecule has 1 fully saturated rings. The number of carbonyl (C=O) groups is 1. The molecule has 110 valence electrons. The molecule has 1 aromatic rings. The van der Waals surface area contributed by atoms with Crippen LogP contribution in [0.5, 0.6) is 0 Å². The highest BCUT2D eigenvalue weighted by atomic mass is 19.1. The van der Waals surface area contributed by atoms with Crippen LogP contribution < -0.4 is 0 Å². The molecule has 20 heavy (non-hydrogen) atoms. The van der Waals surface area contributed by atoms with Gasteiger partial charge in [-0.15, -0.1) is 0 Å². The maximum absolute atomic E-state index is 13.7. The Morgan fingerprint density at radius 1 is 1.25 bits per heavy atom. The predicted octanol–water partition coefficient (Wildman–Crippen LogP) is 4.54. The number of halogens is 2. The van der Waals surface area contributed by atoms with Crippen LogP contribution in [0.3, 0.4) is 0 Å². The maximum atomic E-state index is 13.7. The zero-order chi connectivity index (χ0) is 14.9. The molecule has 0 saturated heterocycles. The first-order valence-electron chi connectivity index (χ1n) is 7.24. The second kappa shape index (κ2) is 5.63. The van der Waals surface area contributed by atoms with E-state index in [1.54, 1.807) is 0 Å². The van der Waals surface area contributed by atoms with Gasteiger partial charge in [0.25, 0.3) is 0 Å². The van der Waals surface area contributed by atoms with Crippen molar-refractivity contribution in [2.75, 3.05) is 0 Å². The Morgan fingerprint density at radius 2 is 1.95 bits per heavy atom. The molecule has 0 spiro atoms. The van der Waals surface area contributed by atoms with Crippen molar-refractivity contribution in [2.24, 2.45) is 17.3 Å². The van der Waals surface area contributed by atoms with Gasteiger partial charge in [-0.05, 0) is 54.4 Å². The van der Waals surface area contributed by atoms with Crippen molar-refractivity contribution in [3.8, 4) is 0 Å². The summed E-state index contributed by atoms with van der Waals surface area (Å²) in [4.78, 5) is 12.1. The van der Waals surface area contributed by atoms with Crippen LogP contribution in [0.15, 0.2) is 18.2 Å². The van der Waals surface area contributed by atoms with E-state index in [0.717, 1.165) is 25.0 Å². The lowest BCUT2D eigenvalue weighted by Crippen LogP contribution is -2.33. The van der Waals surface area contributed by atoms with Crippen LogP contribution in [-0.2, 0) is 11.2 Å². The molecule has 0 bridgehead atoms. The van der Waals surface area contributed by atoms with Crippen molar-refractivity contribution in [3.05, 3.63) is 35.4 Å². The van der Waals surface area contributed by atoms with Crippen LogP contribution in [0.25, 0.3) is 0 Å². The molecule has 0 aliphatic heterocycles. The number of hydrogen-bond acceptors (Lipinski definition) is 1. The van der Waals surface area contributed by atoms with E-state index in [2.05, 4.69) is 20.8 Å². The summed E-state index contributed by atoms with van der Waals surface area (Å²) in [5.41, 5.74) is 0.470. The molecular weight excluding hydrogens is 258 g/mol. The number of benzene rings is 1. The van der Waals surface area contributed by atoms with Crippen LogP contribution in [0.2, 0.25) is 0 Å². The van der Waals surface area contributed by atoms with Gasteiger partial charge in [0.05, 0.1) is 0 Å². The van der Waals surface area contributed by atoms with E-state index in [1.807, 2.05) is 0 Å². The third kappa shape index (κ3) is 3.44. The zero-order valence-electron chi connectivity index (χ0n) is 12.4. The van der Waals surface area contributed by atoms with E-state index in [4.69, 9.17) is 0 Å². The maximum Gasteiger partial charge on any atom is 0.136 e. The van der Waals surface area contributed by atoms with Gasteiger partial charge < -0.3 is 0 Å². The van der Waals surface area contributed by atoms with E-state index >= 15 is 0 Å². The highest BCUT2D eigenvalue weighted by Gasteiger charge is 2.35. The highest BCUT2D eigenvalue weighted by Crippen LogP contribution is 2.40. The Morgan fingerprint density at radius 3 is 2.60 bits per heavy atom. The first-order valence-corrected chi connectivity index (χ1v) is 7.24. The molecule has 1 saturated carbocycles. The molecule has 1 aliphatic carbocycles. The molecule has 1 aliphatic rings. The monoisotopic (exact) mass is 280 g/mol. The Kier molecular flexibility index (Phi) is 4.26. The molecule has 2 atom stereocenters. The highest BCUT2D eigenvalue weighted by molar-refractivity contribution is 5.82. The van der Waals surface area contributed by atoms with Gasteiger partial charge in [0.2, 0.25) is 0 Å². The van der Waals surface area contributed by atoms with Crippen LogP contribution in [0, 0.1) is 28.9 Å². The second-order valence-electron chi connectivity index (χ2n) is 6.94. The summed E-state index contributed by atoms with van der Waals surface area (Å²) in [7, 11) is 0. The van der Waals surface area contributed by atoms with Crippen LogP contribution >= 0.6 is 0 Å².